The first kappa shape index (κ1) is 17.5. The van der Waals surface area contributed by atoms with E-state index in [0.717, 1.165) is 11.1 Å². The first-order chi connectivity index (χ1) is 13.3. The van der Waals surface area contributed by atoms with E-state index in [1.807, 2.05) is 36.5 Å². The van der Waals surface area contributed by atoms with Crippen molar-refractivity contribution in [3.63, 3.8) is 0 Å². The van der Waals surface area contributed by atoms with E-state index in [9.17, 15) is 0 Å². The summed E-state index contributed by atoms with van der Waals surface area (Å²) in [6.07, 6.45) is 21.2. The maximum atomic E-state index is 8.39. The van der Waals surface area contributed by atoms with Gasteiger partial charge in [-0.25, -0.2) is 0 Å². The van der Waals surface area contributed by atoms with Gasteiger partial charge in [0, 0.05) is 12.2 Å². The fourth-order valence-corrected chi connectivity index (χ4v) is 2.12. The van der Waals surface area contributed by atoms with Gasteiger partial charge in [0.2, 0.25) is 11.1 Å². The number of hydrogen-bond donors (Lipinski definition) is 0. The molecule has 0 fully saturated rings. The van der Waals surface area contributed by atoms with Gasteiger partial charge >= 0.3 is 5.08 Å². The van der Waals surface area contributed by atoms with Crippen LogP contribution in [0.1, 0.15) is 0 Å². The highest BCUT2D eigenvalue weighted by Gasteiger charge is 2.01. The normalized spacial score (nSPS) is 16.6. The van der Waals surface area contributed by atoms with E-state index in [1.165, 1.54) is 0 Å². The minimum atomic E-state index is 0.368. The third kappa shape index (κ3) is 5.07. The van der Waals surface area contributed by atoms with E-state index in [-0.39, 0.29) is 0 Å². The van der Waals surface area contributed by atoms with Gasteiger partial charge in [0.15, 0.2) is 10.8 Å². The van der Waals surface area contributed by atoms with Crippen molar-refractivity contribution >= 4 is 23.6 Å². The third-order valence-corrected chi connectivity index (χ3v) is 3.40. The van der Waals surface area contributed by atoms with Crippen molar-refractivity contribution in [1.29, 1.82) is 5.39 Å². The van der Waals surface area contributed by atoms with Crippen LogP contribution in [0.2, 0.25) is 0 Å². The van der Waals surface area contributed by atoms with Crippen molar-refractivity contribution in [2.75, 3.05) is 0 Å². The van der Waals surface area contributed by atoms with Gasteiger partial charge in [0.1, 0.15) is 0 Å². The Labute approximate surface area is 153 Å². The first-order valence-electron chi connectivity index (χ1n) is 7.77. The van der Waals surface area contributed by atoms with E-state index >= 15 is 0 Å². The third-order valence-electron chi connectivity index (χ3n) is 3.40. The van der Waals surface area contributed by atoms with Crippen molar-refractivity contribution in [3.8, 4) is 0 Å². The number of rotatable bonds is 3. The zero-order chi connectivity index (χ0) is 18.9. The first-order valence-corrected chi connectivity index (χ1v) is 7.77. The molecule has 0 N–H and O–H groups in total. The average molecular weight is 356 g/mol. The Morgan fingerprint density at radius 1 is 0.815 bits per heavy atom. The topological polar surface area (TPSA) is 126 Å². The minimum absolute atomic E-state index is 0.368. The Morgan fingerprint density at radius 2 is 1.33 bits per heavy atom. The van der Waals surface area contributed by atoms with E-state index < -0.39 is 0 Å². The summed E-state index contributed by atoms with van der Waals surface area (Å²) in [5.74, 6) is 0. The van der Waals surface area contributed by atoms with Crippen molar-refractivity contribution in [3.05, 3.63) is 93.6 Å². The fourth-order valence-electron chi connectivity index (χ4n) is 2.12. The van der Waals surface area contributed by atoms with Crippen LogP contribution in [0.4, 0.5) is 0 Å². The zero-order valence-corrected chi connectivity index (χ0v) is 13.9. The predicted molar refractivity (Wildman–Crippen MR) is 101 cm³/mol. The Kier molecular flexibility index (Phi) is 5.63. The van der Waals surface area contributed by atoms with Crippen molar-refractivity contribution in [2.24, 2.45) is 15.4 Å². The van der Waals surface area contributed by atoms with Crippen LogP contribution in [-0.4, -0.2) is 21.6 Å². The molecule has 0 atom stereocenters. The molecule has 0 bridgehead atoms. The molecule has 2 aliphatic carbocycles. The Balaban J connectivity index is 1.72. The van der Waals surface area contributed by atoms with Crippen LogP contribution < -0.4 is 11.1 Å². The summed E-state index contributed by atoms with van der Waals surface area (Å²) in [6, 6.07) is 0. The molecule has 0 radical (unpaired) electrons. The van der Waals surface area contributed by atoms with Gasteiger partial charge in [-0.3, -0.25) is 5.22 Å². The quantitative estimate of drug-likeness (QED) is 0.468. The number of nitrogens with zero attached hydrogens (tertiary/aromatic N) is 8. The van der Waals surface area contributed by atoms with Crippen molar-refractivity contribution in [1.82, 2.24) is 10.2 Å². The highest BCUT2D eigenvalue weighted by Crippen LogP contribution is 2.08. The van der Waals surface area contributed by atoms with Gasteiger partial charge in [0.05, 0.1) is 0 Å². The lowest BCUT2D eigenvalue weighted by Crippen LogP contribution is -2.01. The SMILES string of the molecule is N#[N+]N=C1C=CC(=CC=c2nnc(=CC=C3C=CC(=NN=[N-])C=C3)o2)C=C1. The summed E-state index contributed by atoms with van der Waals surface area (Å²) in [5.41, 5.74) is 12.0. The molecule has 0 saturated heterocycles. The molecule has 3 rings (SSSR count). The second-order valence-electron chi connectivity index (χ2n) is 5.21. The van der Waals surface area contributed by atoms with Crippen LogP contribution in [0.25, 0.3) is 22.8 Å². The molecular formula is C18H12N8O. The minimum Gasteiger partial charge on any atom is -0.417 e. The predicted octanol–water partition coefficient (Wildman–Crippen LogP) is 2.32. The second-order valence-corrected chi connectivity index (χ2v) is 5.21. The van der Waals surface area contributed by atoms with Crippen molar-refractivity contribution < 1.29 is 4.42 Å². The Bertz CT molecular complexity index is 1110. The molecule has 130 valence electrons. The summed E-state index contributed by atoms with van der Waals surface area (Å²) in [5, 5.41) is 28.8. The van der Waals surface area contributed by atoms with Gasteiger partial charge < -0.3 is 15.0 Å². The van der Waals surface area contributed by atoms with Gasteiger partial charge in [-0.2, -0.15) is 0 Å². The highest BCUT2D eigenvalue weighted by atomic mass is 16.4. The number of diazo groups is 1. The Morgan fingerprint density at radius 3 is 1.81 bits per heavy atom. The van der Waals surface area contributed by atoms with Crippen LogP contribution >= 0.6 is 0 Å². The summed E-state index contributed by atoms with van der Waals surface area (Å²) < 4.78 is 5.52. The summed E-state index contributed by atoms with van der Waals surface area (Å²) in [4.78, 5) is 0. The number of hydrogen-bond acceptors (Lipinski definition) is 6. The molecule has 1 aromatic heterocycles. The molecule has 0 unspecified atom stereocenters. The second kappa shape index (κ2) is 8.68. The van der Waals surface area contributed by atoms with E-state index in [0.29, 0.717) is 22.5 Å². The maximum Gasteiger partial charge on any atom is 0.339 e. The molecule has 0 aromatic carbocycles. The van der Waals surface area contributed by atoms with Crippen molar-refractivity contribution in [2.45, 2.75) is 0 Å². The van der Waals surface area contributed by atoms with E-state index in [1.54, 1.807) is 36.5 Å². The van der Waals surface area contributed by atoms with Gasteiger partial charge in [-0.05, 0) is 41.2 Å². The highest BCUT2D eigenvalue weighted by molar-refractivity contribution is 6.06. The monoisotopic (exact) mass is 356 g/mol. The standard InChI is InChI=1S/C18H12N8O/c19-25-21-15-7-1-13(2-8-15)5-11-17-23-24-18(27-17)12-6-14-3-9-16(10-4-14)22-26-20/h1-12H. The summed E-state index contributed by atoms with van der Waals surface area (Å²) in [6.45, 7) is 0. The van der Waals surface area contributed by atoms with Crippen LogP contribution in [0.5, 0.6) is 0 Å². The summed E-state index contributed by atoms with van der Waals surface area (Å²) in [7, 11) is 0. The van der Waals surface area contributed by atoms with Crippen LogP contribution in [0, 0.1) is 5.39 Å². The molecular weight excluding hydrogens is 344 g/mol. The average Bonchev–Trinajstić information content (AvgIpc) is 3.15. The Hall–Kier alpha value is -4.32. The molecule has 0 aliphatic heterocycles. The van der Waals surface area contributed by atoms with Gasteiger partial charge in [-0.15, -0.1) is 10.2 Å². The smallest absolute Gasteiger partial charge is 0.339 e. The van der Waals surface area contributed by atoms with Crippen LogP contribution in [-0.2, 0) is 0 Å². The molecule has 2 aliphatic rings. The molecule has 27 heavy (non-hydrogen) atoms. The fraction of sp³-hybridized carbons (Fsp3) is 0. The van der Waals surface area contributed by atoms with Crippen LogP contribution in [0.15, 0.2) is 91.7 Å². The lowest BCUT2D eigenvalue weighted by molar-refractivity contribution is 0.486. The van der Waals surface area contributed by atoms with Gasteiger partial charge in [-0.1, -0.05) is 36.5 Å². The molecule has 0 saturated carbocycles. The van der Waals surface area contributed by atoms with E-state index in [4.69, 9.17) is 15.3 Å². The van der Waals surface area contributed by atoms with Crippen LogP contribution in [0.3, 0.4) is 0 Å². The lowest BCUT2D eigenvalue weighted by atomic mass is 10.1. The molecule has 9 nitrogen and oxygen atoms in total. The maximum absolute atomic E-state index is 8.39. The lowest BCUT2D eigenvalue weighted by Gasteiger charge is -2.03. The molecule has 1 aromatic rings. The molecule has 0 spiro atoms. The molecule has 9 heteroatoms. The largest absolute Gasteiger partial charge is 0.417 e. The van der Waals surface area contributed by atoms with E-state index in [2.05, 4.69) is 30.7 Å². The zero-order valence-electron chi connectivity index (χ0n) is 13.9. The molecule has 1 heterocycles. The summed E-state index contributed by atoms with van der Waals surface area (Å²) >= 11 is 0. The van der Waals surface area contributed by atoms with Gasteiger partial charge in [0.25, 0.3) is 5.39 Å². The number of allylic oxidation sites excluding steroid dienone is 12. The number of aromatic nitrogens is 2. The molecule has 0 amide bonds.